The third kappa shape index (κ3) is 5.34. The van der Waals surface area contributed by atoms with Crippen LogP contribution < -0.4 is 0 Å². The molecule has 0 saturated heterocycles. The van der Waals surface area contributed by atoms with E-state index in [4.69, 9.17) is 0 Å². The van der Waals surface area contributed by atoms with Gasteiger partial charge in [-0.2, -0.15) is 0 Å². The Morgan fingerprint density at radius 2 is 2.29 bits per heavy atom. The molecular formula is C5H10N2. The highest BCUT2D eigenvalue weighted by Gasteiger charge is 1.57. The van der Waals surface area contributed by atoms with E-state index in [0.29, 0.717) is 0 Å². The summed E-state index contributed by atoms with van der Waals surface area (Å²) in [5.41, 5.74) is 0. The number of rotatable bonds is 2. The van der Waals surface area contributed by atoms with E-state index >= 15 is 0 Å². The minimum atomic E-state index is 0.817. The summed E-state index contributed by atoms with van der Waals surface area (Å²) in [7, 11) is 0. The molecule has 0 aliphatic rings. The quantitative estimate of drug-likeness (QED) is 0.365. The average molecular weight is 98.1 g/mol. The number of hydrogen-bond acceptors (Lipinski definition) is 1. The van der Waals surface area contributed by atoms with Crippen LogP contribution in [0.4, 0.5) is 0 Å². The first kappa shape index (κ1) is 6.34. The molecule has 0 aliphatic heterocycles. The van der Waals surface area contributed by atoms with Crippen LogP contribution in [0, 0.1) is 0 Å². The van der Waals surface area contributed by atoms with Gasteiger partial charge in [0.15, 0.2) is 0 Å². The van der Waals surface area contributed by atoms with E-state index in [9.17, 15) is 0 Å². The van der Waals surface area contributed by atoms with E-state index in [1.54, 1.807) is 12.6 Å². The summed E-state index contributed by atoms with van der Waals surface area (Å²) in [4.78, 5) is 7.58. The molecule has 40 valence electrons. The van der Waals surface area contributed by atoms with Gasteiger partial charge in [0.05, 0.1) is 0 Å². The van der Waals surface area contributed by atoms with Crippen LogP contribution in [0.5, 0.6) is 0 Å². The van der Waals surface area contributed by atoms with Gasteiger partial charge in [0.1, 0.15) is 6.34 Å². The van der Waals surface area contributed by atoms with Crippen molar-refractivity contribution in [2.75, 3.05) is 6.54 Å². The van der Waals surface area contributed by atoms with Crippen LogP contribution in [-0.2, 0) is 0 Å². The van der Waals surface area contributed by atoms with Gasteiger partial charge < -0.3 is 0 Å². The first-order valence-corrected chi connectivity index (χ1v) is 2.38. The highest BCUT2D eigenvalue weighted by atomic mass is 14.8. The van der Waals surface area contributed by atoms with Crippen molar-refractivity contribution in [1.82, 2.24) is 0 Å². The Bertz CT molecular complexity index is 74.1. The molecule has 0 aliphatic carbocycles. The van der Waals surface area contributed by atoms with E-state index in [-0.39, 0.29) is 0 Å². The standard InChI is InChI=1S/C5H10N2/c1-3-6-5-7-4-2/h3,5H,4H2,1-2H3/b6-3-,7-5-. The van der Waals surface area contributed by atoms with Crippen LogP contribution in [0.25, 0.3) is 0 Å². The van der Waals surface area contributed by atoms with E-state index in [0.717, 1.165) is 6.54 Å². The third-order valence-corrected chi connectivity index (χ3v) is 0.480. The Balaban J connectivity index is 3.09. The van der Waals surface area contributed by atoms with Crippen LogP contribution in [0.15, 0.2) is 9.98 Å². The van der Waals surface area contributed by atoms with Crippen molar-refractivity contribution in [3.8, 4) is 0 Å². The summed E-state index contributed by atoms with van der Waals surface area (Å²) in [6.07, 6.45) is 3.26. The average Bonchev–Trinajstić information content (AvgIpc) is 1.69. The molecule has 0 rings (SSSR count). The lowest BCUT2D eigenvalue weighted by Crippen LogP contribution is -1.68. The summed E-state index contributed by atoms with van der Waals surface area (Å²) < 4.78 is 0. The van der Waals surface area contributed by atoms with Gasteiger partial charge >= 0.3 is 0 Å². The van der Waals surface area contributed by atoms with Crippen LogP contribution in [0.3, 0.4) is 0 Å². The summed E-state index contributed by atoms with van der Waals surface area (Å²) in [6.45, 7) is 4.65. The molecule has 0 saturated carbocycles. The zero-order valence-electron chi connectivity index (χ0n) is 4.76. The van der Waals surface area contributed by atoms with Crippen molar-refractivity contribution >= 4 is 12.6 Å². The van der Waals surface area contributed by atoms with E-state index < -0.39 is 0 Å². The van der Waals surface area contributed by atoms with E-state index in [2.05, 4.69) is 9.98 Å². The Kier molecular flexibility index (Phi) is 4.84. The van der Waals surface area contributed by atoms with Crippen LogP contribution >= 0.6 is 0 Å². The van der Waals surface area contributed by atoms with Gasteiger partial charge in [0.25, 0.3) is 0 Å². The minimum absolute atomic E-state index is 0.817. The van der Waals surface area contributed by atoms with Crippen molar-refractivity contribution in [2.45, 2.75) is 13.8 Å². The maximum Gasteiger partial charge on any atom is 0.109 e. The van der Waals surface area contributed by atoms with Crippen LogP contribution in [0.1, 0.15) is 13.8 Å². The van der Waals surface area contributed by atoms with Crippen LogP contribution in [-0.4, -0.2) is 19.1 Å². The molecule has 2 heteroatoms. The highest BCUT2D eigenvalue weighted by Crippen LogP contribution is 1.62. The molecule has 0 atom stereocenters. The van der Waals surface area contributed by atoms with Gasteiger partial charge in [-0.25, -0.2) is 4.99 Å². The molecule has 0 spiro atoms. The smallest absolute Gasteiger partial charge is 0.109 e. The first-order chi connectivity index (χ1) is 3.41. The molecule has 0 bridgehead atoms. The summed E-state index contributed by atoms with van der Waals surface area (Å²) >= 11 is 0. The predicted octanol–water partition coefficient (Wildman–Crippen LogP) is 1.13. The Morgan fingerprint density at radius 3 is 2.71 bits per heavy atom. The van der Waals surface area contributed by atoms with Crippen LogP contribution in [0.2, 0.25) is 0 Å². The van der Waals surface area contributed by atoms with E-state index in [1.165, 1.54) is 0 Å². The van der Waals surface area contributed by atoms with Gasteiger partial charge in [0, 0.05) is 12.8 Å². The molecule has 0 aromatic heterocycles. The molecule has 0 N–H and O–H groups in total. The lowest BCUT2D eigenvalue weighted by Gasteiger charge is -1.72. The SMILES string of the molecule is C/C=N\C=N/CC. The molecule has 0 fully saturated rings. The van der Waals surface area contributed by atoms with Crippen molar-refractivity contribution in [1.29, 1.82) is 0 Å². The second-order valence-corrected chi connectivity index (χ2v) is 1.02. The van der Waals surface area contributed by atoms with Gasteiger partial charge in [-0.05, 0) is 13.8 Å². The minimum Gasteiger partial charge on any atom is -0.274 e. The fourth-order valence-electron chi connectivity index (χ4n) is 0.195. The summed E-state index contributed by atoms with van der Waals surface area (Å²) in [6, 6.07) is 0. The molecule has 0 radical (unpaired) electrons. The lowest BCUT2D eigenvalue weighted by atomic mass is 10.8. The normalized spacial score (nSPS) is 11.7. The molecule has 2 nitrogen and oxygen atoms in total. The number of aliphatic imine (C=N–C) groups is 2. The molecule has 0 unspecified atom stereocenters. The predicted molar refractivity (Wildman–Crippen MR) is 33.2 cm³/mol. The molecule has 0 amide bonds. The molecule has 0 aromatic rings. The Hall–Kier alpha value is -0.660. The molecule has 7 heavy (non-hydrogen) atoms. The first-order valence-electron chi connectivity index (χ1n) is 2.38. The van der Waals surface area contributed by atoms with Gasteiger partial charge in [-0.15, -0.1) is 0 Å². The van der Waals surface area contributed by atoms with Gasteiger partial charge in [0.2, 0.25) is 0 Å². The largest absolute Gasteiger partial charge is 0.274 e. The topological polar surface area (TPSA) is 24.7 Å². The maximum absolute atomic E-state index is 3.84. The second-order valence-electron chi connectivity index (χ2n) is 1.02. The molecular weight excluding hydrogens is 88.1 g/mol. The molecule has 0 aromatic carbocycles. The van der Waals surface area contributed by atoms with Crippen molar-refractivity contribution in [3.63, 3.8) is 0 Å². The van der Waals surface area contributed by atoms with Crippen molar-refractivity contribution in [2.24, 2.45) is 9.98 Å². The van der Waals surface area contributed by atoms with Gasteiger partial charge in [-0.1, -0.05) is 0 Å². The third-order valence-electron chi connectivity index (χ3n) is 0.480. The lowest BCUT2D eigenvalue weighted by molar-refractivity contribution is 1.14. The van der Waals surface area contributed by atoms with Crippen molar-refractivity contribution < 1.29 is 0 Å². The zero-order valence-corrected chi connectivity index (χ0v) is 4.76. The number of hydrogen-bond donors (Lipinski definition) is 0. The summed E-state index contributed by atoms with van der Waals surface area (Å²) in [5.74, 6) is 0. The monoisotopic (exact) mass is 98.1 g/mol. The second kappa shape index (κ2) is 5.34. The van der Waals surface area contributed by atoms with Crippen molar-refractivity contribution in [3.05, 3.63) is 0 Å². The van der Waals surface area contributed by atoms with E-state index in [1.807, 2.05) is 13.8 Å². The molecule has 0 heterocycles. The fourth-order valence-corrected chi connectivity index (χ4v) is 0.195. The Morgan fingerprint density at radius 1 is 1.57 bits per heavy atom. The fraction of sp³-hybridized carbons (Fsp3) is 0.600. The maximum atomic E-state index is 3.84. The Labute approximate surface area is 44.0 Å². The summed E-state index contributed by atoms with van der Waals surface area (Å²) in [5, 5.41) is 0. The van der Waals surface area contributed by atoms with Gasteiger partial charge in [-0.3, -0.25) is 4.99 Å². The highest BCUT2D eigenvalue weighted by molar-refractivity contribution is 5.70. The number of nitrogens with zero attached hydrogens (tertiary/aromatic N) is 2. The zero-order chi connectivity index (χ0) is 5.54.